The first-order valence-corrected chi connectivity index (χ1v) is 7.87. The van der Waals surface area contributed by atoms with Crippen LogP contribution in [0.3, 0.4) is 0 Å². The molecule has 1 aliphatic rings. The van der Waals surface area contributed by atoms with Gasteiger partial charge in [0.1, 0.15) is 18.5 Å². The van der Waals surface area contributed by atoms with Crippen LogP contribution >= 0.6 is 0 Å². The lowest BCUT2D eigenvalue weighted by Crippen LogP contribution is -2.44. The van der Waals surface area contributed by atoms with Gasteiger partial charge in [0.15, 0.2) is 0 Å². The minimum atomic E-state index is 0.145. The largest absolute Gasteiger partial charge is 0.489 e. The Morgan fingerprint density at radius 3 is 3.05 bits per heavy atom. The first-order chi connectivity index (χ1) is 10.2. The Hall–Kier alpha value is -1.17. The minimum Gasteiger partial charge on any atom is -0.489 e. The van der Waals surface area contributed by atoms with Gasteiger partial charge < -0.3 is 14.8 Å². The molecule has 1 aromatic heterocycles. The van der Waals surface area contributed by atoms with Crippen LogP contribution in [0.1, 0.15) is 25.2 Å². The number of nitrogens with zero attached hydrogens (tertiary/aromatic N) is 2. The van der Waals surface area contributed by atoms with Crippen LogP contribution in [0.4, 0.5) is 0 Å². The van der Waals surface area contributed by atoms with Gasteiger partial charge in [-0.05, 0) is 32.1 Å². The van der Waals surface area contributed by atoms with Crippen LogP contribution in [0.15, 0.2) is 12.1 Å². The molecule has 5 nitrogen and oxygen atoms in total. The fraction of sp³-hybridized carbons (Fsp3) is 0.688. The Bertz CT molecular complexity index is 440. The first-order valence-electron chi connectivity index (χ1n) is 7.87. The highest BCUT2D eigenvalue weighted by molar-refractivity contribution is 5.29. The van der Waals surface area contributed by atoms with E-state index in [0.717, 1.165) is 56.5 Å². The monoisotopic (exact) mass is 293 g/mol. The van der Waals surface area contributed by atoms with Crippen molar-refractivity contribution in [2.24, 2.45) is 0 Å². The van der Waals surface area contributed by atoms with Crippen LogP contribution in [0.25, 0.3) is 0 Å². The van der Waals surface area contributed by atoms with Gasteiger partial charge >= 0.3 is 0 Å². The normalized spacial score (nSPS) is 19.7. The molecule has 1 aliphatic heterocycles. The maximum absolute atomic E-state index is 5.97. The summed E-state index contributed by atoms with van der Waals surface area (Å²) in [5.74, 6) is 0.860. The topological polar surface area (TPSA) is 46.6 Å². The molecule has 1 N–H and O–H groups in total. The molecule has 2 rings (SSSR count). The van der Waals surface area contributed by atoms with Crippen molar-refractivity contribution in [2.75, 3.05) is 39.4 Å². The summed E-state index contributed by atoms with van der Waals surface area (Å²) in [5, 5.41) is 3.30. The molecule has 0 aromatic carbocycles. The number of hydrogen-bond acceptors (Lipinski definition) is 5. The third-order valence-corrected chi connectivity index (χ3v) is 3.71. The zero-order chi connectivity index (χ0) is 15.1. The standard InChI is InChI=1S/C16H27N3O2/c1-4-17-10-15-16(7-6-13(3)18-15)21-12-14-11-19(5-2)8-9-20-14/h6-7,14,17H,4-5,8-12H2,1-3H3. The smallest absolute Gasteiger partial charge is 0.142 e. The number of hydrogen-bond donors (Lipinski definition) is 1. The molecule has 0 bridgehead atoms. The van der Waals surface area contributed by atoms with Crippen LogP contribution in [-0.4, -0.2) is 55.4 Å². The van der Waals surface area contributed by atoms with Gasteiger partial charge in [0.05, 0.1) is 12.3 Å². The summed E-state index contributed by atoms with van der Waals surface area (Å²) in [4.78, 5) is 6.96. The number of rotatable bonds is 7. The summed E-state index contributed by atoms with van der Waals surface area (Å²) in [7, 11) is 0. The van der Waals surface area contributed by atoms with Gasteiger partial charge in [0.2, 0.25) is 0 Å². The lowest BCUT2D eigenvalue weighted by Gasteiger charge is -2.32. The zero-order valence-corrected chi connectivity index (χ0v) is 13.4. The van der Waals surface area contributed by atoms with Gasteiger partial charge in [-0.1, -0.05) is 13.8 Å². The van der Waals surface area contributed by atoms with Gasteiger partial charge in [0, 0.05) is 25.3 Å². The van der Waals surface area contributed by atoms with Crippen molar-refractivity contribution in [3.8, 4) is 5.75 Å². The van der Waals surface area contributed by atoms with E-state index in [0.29, 0.717) is 6.61 Å². The molecule has 1 aromatic rings. The van der Waals surface area contributed by atoms with E-state index < -0.39 is 0 Å². The molecular weight excluding hydrogens is 266 g/mol. The van der Waals surface area contributed by atoms with Crippen molar-refractivity contribution in [1.82, 2.24) is 15.2 Å². The van der Waals surface area contributed by atoms with E-state index in [1.54, 1.807) is 0 Å². The SMILES string of the molecule is CCNCc1nc(C)ccc1OCC1CN(CC)CCO1. The molecule has 1 atom stereocenters. The Morgan fingerprint density at radius 2 is 2.29 bits per heavy atom. The van der Waals surface area contributed by atoms with Gasteiger partial charge in [-0.3, -0.25) is 9.88 Å². The number of aryl methyl sites for hydroxylation is 1. The van der Waals surface area contributed by atoms with Crippen molar-refractivity contribution in [1.29, 1.82) is 0 Å². The molecule has 2 heterocycles. The molecule has 5 heteroatoms. The van der Waals surface area contributed by atoms with Crippen LogP contribution in [0.2, 0.25) is 0 Å². The van der Waals surface area contributed by atoms with Gasteiger partial charge in [-0.25, -0.2) is 0 Å². The molecule has 0 radical (unpaired) electrons. The number of morpholine rings is 1. The molecule has 0 saturated carbocycles. The number of aromatic nitrogens is 1. The van der Waals surface area contributed by atoms with Gasteiger partial charge in [0.25, 0.3) is 0 Å². The highest BCUT2D eigenvalue weighted by Gasteiger charge is 2.20. The molecule has 1 unspecified atom stereocenters. The van der Waals surface area contributed by atoms with Crippen molar-refractivity contribution >= 4 is 0 Å². The fourth-order valence-corrected chi connectivity index (χ4v) is 2.45. The Morgan fingerprint density at radius 1 is 1.43 bits per heavy atom. The number of pyridine rings is 1. The maximum atomic E-state index is 5.97. The van der Waals surface area contributed by atoms with Crippen LogP contribution in [0, 0.1) is 6.92 Å². The summed E-state index contributed by atoms with van der Waals surface area (Å²) < 4.78 is 11.7. The predicted molar refractivity (Wildman–Crippen MR) is 83.7 cm³/mol. The Balaban J connectivity index is 1.92. The van der Waals surface area contributed by atoms with E-state index in [1.807, 2.05) is 19.1 Å². The Kier molecular flexibility index (Phi) is 6.42. The molecule has 0 aliphatic carbocycles. The summed E-state index contributed by atoms with van der Waals surface area (Å²) in [6, 6.07) is 4.00. The molecule has 21 heavy (non-hydrogen) atoms. The quantitative estimate of drug-likeness (QED) is 0.827. The molecule has 1 saturated heterocycles. The van der Waals surface area contributed by atoms with E-state index in [4.69, 9.17) is 9.47 Å². The van der Waals surface area contributed by atoms with Crippen molar-refractivity contribution < 1.29 is 9.47 Å². The van der Waals surface area contributed by atoms with Crippen LogP contribution < -0.4 is 10.1 Å². The third kappa shape index (κ3) is 4.95. The zero-order valence-electron chi connectivity index (χ0n) is 13.4. The van der Waals surface area contributed by atoms with E-state index >= 15 is 0 Å². The highest BCUT2D eigenvalue weighted by atomic mass is 16.5. The van der Waals surface area contributed by atoms with Crippen molar-refractivity contribution in [2.45, 2.75) is 33.4 Å². The van der Waals surface area contributed by atoms with E-state index in [1.165, 1.54) is 0 Å². The number of likely N-dealkylation sites (N-methyl/N-ethyl adjacent to an activating group) is 1. The molecular formula is C16H27N3O2. The van der Waals surface area contributed by atoms with Gasteiger partial charge in [-0.15, -0.1) is 0 Å². The summed E-state index contributed by atoms with van der Waals surface area (Å²) in [6.45, 7) is 12.3. The second-order valence-corrected chi connectivity index (χ2v) is 5.37. The minimum absolute atomic E-state index is 0.145. The van der Waals surface area contributed by atoms with Crippen molar-refractivity contribution in [3.05, 3.63) is 23.5 Å². The van der Waals surface area contributed by atoms with Crippen molar-refractivity contribution in [3.63, 3.8) is 0 Å². The van der Waals surface area contributed by atoms with Crippen LogP contribution in [-0.2, 0) is 11.3 Å². The second-order valence-electron chi connectivity index (χ2n) is 5.37. The predicted octanol–water partition coefficient (Wildman–Crippen LogP) is 1.60. The van der Waals surface area contributed by atoms with E-state index in [9.17, 15) is 0 Å². The Labute approximate surface area is 127 Å². The third-order valence-electron chi connectivity index (χ3n) is 3.71. The summed E-state index contributed by atoms with van der Waals surface area (Å²) in [5.41, 5.74) is 1.99. The van der Waals surface area contributed by atoms with Gasteiger partial charge in [-0.2, -0.15) is 0 Å². The lowest BCUT2D eigenvalue weighted by atomic mass is 10.2. The van der Waals surface area contributed by atoms with Crippen LogP contribution in [0.5, 0.6) is 5.75 Å². The molecule has 0 spiro atoms. The molecule has 118 valence electrons. The van der Waals surface area contributed by atoms with E-state index in [2.05, 4.69) is 29.0 Å². The number of nitrogens with one attached hydrogen (secondary N) is 1. The average Bonchev–Trinajstić information content (AvgIpc) is 2.52. The summed E-state index contributed by atoms with van der Waals surface area (Å²) in [6.07, 6.45) is 0.145. The molecule has 1 fully saturated rings. The first kappa shape index (κ1) is 16.2. The maximum Gasteiger partial charge on any atom is 0.142 e. The average molecular weight is 293 g/mol. The lowest BCUT2D eigenvalue weighted by molar-refractivity contribution is -0.0465. The molecule has 0 amide bonds. The van der Waals surface area contributed by atoms with E-state index in [-0.39, 0.29) is 6.10 Å². The fourth-order valence-electron chi connectivity index (χ4n) is 2.45. The number of ether oxygens (including phenoxy) is 2. The summed E-state index contributed by atoms with van der Waals surface area (Å²) >= 11 is 0. The highest BCUT2D eigenvalue weighted by Crippen LogP contribution is 2.18. The second kappa shape index (κ2) is 8.32.